The van der Waals surface area contributed by atoms with Crippen LogP contribution in [0.4, 0.5) is 0 Å². The summed E-state index contributed by atoms with van der Waals surface area (Å²) in [5, 5.41) is 3.19. The first-order valence-electron chi connectivity index (χ1n) is 4.76. The SMILES string of the molecule is CNC(c1ccccc1OC)C(C)N. The molecule has 78 valence electrons. The van der Waals surface area contributed by atoms with Gasteiger partial charge in [-0.05, 0) is 20.0 Å². The topological polar surface area (TPSA) is 47.3 Å². The molecule has 0 aliphatic heterocycles. The lowest BCUT2D eigenvalue weighted by molar-refractivity contribution is 0.394. The van der Waals surface area contributed by atoms with E-state index in [0.29, 0.717) is 0 Å². The van der Waals surface area contributed by atoms with E-state index in [4.69, 9.17) is 10.5 Å². The number of methoxy groups -OCH3 is 1. The number of ether oxygens (including phenoxy) is 1. The second-order valence-corrected chi connectivity index (χ2v) is 3.37. The molecule has 1 aromatic rings. The Morgan fingerprint density at radius 2 is 2.00 bits per heavy atom. The van der Waals surface area contributed by atoms with Gasteiger partial charge in [0.2, 0.25) is 0 Å². The Kier molecular flexibility index (Phi) is 3.92. The zero-order valence-corrected chi connectivity index (χ0v) is 8.95. The highest BCUT2D eigenvalue weighted by Crippen LogP contribution is 2.25. The molecule has 3 nitrogen and oxygen atoms in total. The lowest BCUT2D eigenvalue weighted by Crippen LogP contribution is -2.33. The number of para-hydroxylation sites is 1. The summed E-state index contributed by atoms with van der Waals surface area (Å²) in [7, 11) is 3.58. The maximum Gasteiger partial charge on any atom is 0.123 e. The monoisotopic (exact) mass is 194 g/mol. The van der Waals surface area contributed by atoms with Gasteiger partial charge >= 0.3 is 0 Å². The van der Waals surface area contributed by atoms with Crippen LogP contribution in [0, 0.1) is 0 Å². The van der Waals surface area contributed by atoms with E-state index in [1.807, 2.05) is 38.2 Å². The summed E-state index contributed by atoms with van der Waals surface area (Å²) in [5.41, 5.74) is 6.99. The Morgan fingerprint density at radius 1 is 1.36 bits per heavy atom. The van der Waals surface area contributed by atoms with Crippen LogP contribution in [0.15, 0.2) is 24.3 Å². The highest BCUT2D eigenvalue weighted by molar-refractivity contribution is 5.36. The number of nitrogens with one attached hydrogen (secondary N) is 1. The number of benzene rings is 1. The molecule has 0 aliphatic rings. The van der Waals surface area contributed by atoms with Crippen LogP contribution in [0.3, 0.4) is 0 Å². The van der Waals surface area contributed by atoms with Gasteiger partial charge in [-0.15, -0.1) is 0 Å². The summed E-state index contributed by atoms with van der Waals surface area (Å²) in [5.74, 6) is 0.879. The van der Waals surface area contributed by atoms with Crippen LogP contribution in [-0.2, 0) is 0 Å². The van der Waals surface area contributed by atoms with Crippen molar-refractivity contribution in [2.45, 2.75) is 19.0 Å². The minimum atomic E-state index is 0.0521. The summed E-state index contributed by atoms with van der Waals surface area (Å²) < 4.78 is 5.28. The molecule has 0 amide bonds. The van der Waals surface area contributed by atoms with Crippen LogP contribution in [-0.4, -0.2) is 20.2 Å². The lowest BCUT2D eigenvalue weighted by atomic mass is 10.0. The fourth-order valence-electron chi connectivity index (χ4n) is 1.62. The molecular weight excluding hydrogens is 176 g/mol. The number of nitrogens with two attached hydrogens (primary N) is 1. The van der Waals surface area contributed by atoms with Crippen molar-refractivity contribution in [1.82, 2.24) is 5.32 Å². The van der Waals surface area contributed by atoms with Crippen LogP contribution in [0.25, 0.3) is 0 Å². The highest BCUT2D eigenvalue weighted by Gasteiger charge is 2.17. The maximum atomic E-state index is 5.88. The second kappa shape index (κ2) is 4.98. The number of likely N-dealkylation sites (N-methyl/N-ethyl adjacent to an activating group) is 1. The Bertz CT molecular complexity index is 286. The lowest BCUT2D eigenvalue weighted by Gasteiger charge is -2.22. The first kappa shape index (κ1) is 11.0. The minimum absolute atomic E-state index is 0.0521. The van der Waals surface area contributed by atoms with Gasteiger partial charge < -0.3 is 15.8 Å². The molecule has 0 saturated carbocycles. The molecule has 0 bridgehead atoms. The average molecular weight is 194 g/mol. The van der Waals surface area contributed by atoms with E-state index in [1.165, 1.54) is 0 Å². The fraction of sp³-hybridized carbons (Fsp3) is 0.455. The summed E-state index contributed by atoms with van der Waals surface area (Å²) in [6.45, 7) is 1.98. The third-order valence-corrected chi connectivity index (χ3v) is 2.31. The van der Waals surface area contributed by atoms with Crippen LogP contribution < -0.4 is 15.8 Å². The summed E-state index contributed by atoms with van der Waals surface area (Å²) in [4.78, 5) is 0. The Balaban J connectivity index is 3.02. The smallest absolute Gasteiger partial charge is 0.123 e. The van der Waals surface area contributed by atoms with E-state index in [1.54, 1.807) is 7.11 Å². The van der Waals surface area contributed by atoms with Crippen molar-refractivity contribution in [1.29, 1.82) is 0 Å². The minimum Gasteiger partial charge on any atom is -0.496 e. The van der Waals surface area contributed by atoms with Gasteiger partial charge in [0.25, 0.3) is 0 Å². The van der Waals surface area contributed by atoms with E-state index in [2.05, 4.69) is 5.32 Å². The molecule has 0 radical (unpaired) electrons. The van der Waals surface area contributed by atoms with Gasteiger partial charge in [0.15, 0.2) is 0 Å². The van der Waals surface area contributed by atoms with Crippen LogP contribution in [0.2, 0.25) is 0 Å². The molecular formula is C11H18N2O. The van der Waals surface area contributed by atoms with E-state index >= 15 is 0 Å². The van der Waals surface area contributed by atoms with Crippen molar-refractivity contribution < 1.29 is 4.74 Å². The number of hydrogen-bond acceptors (Lipinski definition) is 3. The van der Waals surface area contributed by atoms with Crippen LogP contribution in [0.1, 0.15) is 18.5 Å². The van der Waals surface area contributed by atoms with Gasteiger partial charge in [-0.3, -0.25) is 0 Å². The van der Waals surface area contributed by atoms with Gasteiger partial charge in [-0.25, -0.2) is 0 Å². The molecule has 3 heteroatoms. The first-order valence-corrected chi connectivity index (χ1v) is 4.76. The van der Waals surface area contributed by atoms with Gasteiger partial charge in [0, 0.05) is 11.6 Å². The molecule has 1 aromatic carbocycles. The number of rotatable bonds is 4. The zero-order valence-electron chi connectivity index (χ0n) is 8.95. The zero-order chi connectivity index (χ0) is 10.6. The van der Waals surface area contributed by atoms with Gasteiger partial charge in [0.1, 0.15) is 5.75 Å². The molecule has 1 rings (SSSR count). The van der Waals surface area contributed by atoms with Crippen molar-refractivity contribution in [2.24, 2.45) is 5.73 Å². The molecule has 2 atom stereocenters. The fourth-order valence-corrected chi connectivity index (χ4v) is 1.62. The van der Waals surface area contributed by atoms with Crippen LogP contribution >= 0.6 is 0 Å². The maximum absolute atomic E-state index is 5.88. The average Bonchev–Trinajstić information content (AvgIpc) is 2.19. The van der Waals surface area contributed by atoms with Crippen molar-refractivity contribution in [3.05, 3.63) is 29.8 Å². The molecule has 0 aliphatic carbocycles. The van der Waals surface area contributed by atoms with Crippen molar-refractivity contribution in [2.75, 3.05) is 14.2 Å². The Morgan fingerprint density at radius 3 is 2.50 bits per heavy atom. The predicted molar refractivity (Wildman–Crippen MR) is 58.4 cm³/mol. The Hall–Kier alpha value is -1.06. The van der Waals surface area contributed by atoms with Gasteiger partial charge in [-0.2, -0.15) is 0 Å². The van der Waals surface area contributed by atoms with Crippen molar-refractivity contribution in [3.63, 3.8) is 0 Å². The van der Waals surface area contributed by atoms with E-state index in [9.17, 15) is 0 Å². The number of hydrogen-bond donors (Lipinski definition) is 2. The quantitative estimate of drug-likeness (QED) is 0.759. The molecule has 0 aromatic heterocycles. The van der Waals surface area contributed by atoms with Gasteiger partial charge in [0.05, 0.1) is 13.2 Å². The molecule has 0 spiro atoms. The highest BCUT2D eigenvalue weighted by atomic mass is 16.5. The van der Waals surface area contributed by atoms with E-state index in [-0.39, 0.29) is 12.1 Å². The normalized spacial score (nSPS) is 14.9. The third-order valence-electron chi connectivity index (χ3n) is 2.31. The summed E-state index contributed by atoms with van der Waals surface area (Å²) >= 11 is 0. The van der Waals surface area contributed by atoms with Crippen molar-refractivity contribution >= 4 is 0 Å². The van der Waals surface area contributed by atoms with Crippen LogP contribution in [0.5, 0.6) is 5.75 Å². The van der Waals surface area contributed by atoms with E-state index in [0.717, 1.165) is 11.3 Å². The standard InChI is InChI=1S/C11H18N2O/c1-8(12)11(13-2)9-6-4-5-7-10(9)14-3/h4-8,11,13H,12H2,1-3H3. The summed E-state index contributed by atoms with van der Waals surface area (Å²) in [6.07, 6.45) is 0. The largest absolute Gasteiger partial charge is 0.496 e. The molecule has 3 N–H and O–H groups in total. The second-order valence-electron chi connectivity index (χ2n) is 3.37. The van der Waals surface area contributed by atoms with Gasteiger partial charge in [-0.1, -0.05) is 18.2 Å². The molecule has 0 heterocycles. The Labute approximate surface area is 85.3 Å². The van der Waals surface area contributed by atoms with Crippen molar-refractivity contribution in [3.8, 4) is 5.75 Å². The predicted octanol–water partition coefficient (Wildman–Crippen LogP) is 1.30. The summed E-state index contributed by atoms with van der Waals surface area (Å²) in [6, 6.07) is 8.11. The molecule has 2 unspecified atom stereocenters. The molecule has 14 heavy (non-hydrogen) atoms. The first-order chi connectivity index (χ1) is 6.70. The third kappa shape index (κ3) is 2.25. The molecule has 0 saturated heterocycles. The van der Waals surface area contributed by atoms with E-state index < -0.39 is 0 Å². The molecule has 0 fully saturated rings.